The third-order valence-corrected chi connectivity index (χ3v) is 1.65. The fourth-order valence-electron chi connectivity index (χ4n) is 0.958. The molecule has 0 aromatic heterocycles. The molecule has 0 amide bonds. The molecular formula is C9H13. The van der Waals surface area contributed by atoms with Crippen molar-refractivity contribution in [2.75, 3.05) is 0 Å². The van der Waals surface area contributed by atoms with Gasteiger partial charge < -0.3 is 0 Å². The lowest BCUT2D eigenvalue weighted by Crippen LogP contribution is -1.95. The molecule has 1 rings (SSSR count). The molecule has 0 nitrogen and oxygen atoms in total. The van der Waals surface area contributed by atoms with Crippen molar-refractivity contribution in [3.63, 3.8) is 0 Å². The van der Waals surface area contributed by atoms with Gasteiger partial charge in [-0.15, -0.1) is 0 Å². The maximum Gasteiger partial charge on any atom is -0.0127 e. The van der Waals surface area contributed by atoms with Gasteiger partial charge in [-0.05, 0) is 18.8 Å². The summed E-state index contributed by atoms with van der Waals surface area (Å²) >= 11 is 0. The van der Waals surface area contributed by atoms with Gasteiger partial charge in [0.25, 0.3) is 0 Å². The van der Waals surface area contributed by atoms with Crippen LogP contribution in [0.1, 0.15) is 20.3 Å². The molecule has 0 N–H and O–H groups in total. The Hall–Kier alpha value is -0.520. The fourth-order valence-corrected chi connectivity index (χ4v) is 0.958. The number of hydrogen-bond donors (Lipinski definition) is 0. The Balaban J connectivity index is 2.57. The summed E-state index contributed by atoms with van der Waals surface area (Å²) in [6.07, 6.45) is 9.78. The quantitative estimate of drug-likeness (QED) is 0.500. The van der Waals surface area contributed by atoms with E-state index in [0.29, 0.717) is 5.92 Å². The largest absolute Gasteiger partial charge is 0.0805 e. The topological polar surface area (TPSA) is 0 Å². The summed E-state index contributed by atoms with van der Waals surface area (Å²) < 4.78 is 0. The van der Waals surface area contributed by atoms with Gasteiger partial charge in [-0.1, -0.05) is 37.6 Å². The SMILES string of the molecule is CC(C)C1=CC=C[CH]C1. The lowest BCUT2D eigenvalue weighted by atomic mass is 9.95. The average molecular weight is 121 g/mol. The van der Waals surface area contributed by atoms with Crippen LogP contribution in [-0.4, -0.2) is 0 Å². The number of rotatable bonds is 1. The molecule has 0 aromatic rings. The van der Waals surface area contributed by atoms with Gasteiger partial charge in [0, 0.05) is 0 Å². The zero-order chi connectivity index (χ0) is 6.69. The van der Waals surface area contributed by atoms with Gasteiger partial charge in [-0.25, -0.2) is 0 Å². The van der Waals surface area contributed by atoms with Gasteiger partial charge >= 0.3 is 0 Å². The maximum absolute atomic E-state index is 2.23. The van der Waals surface area contributed by atoms with Crippen molar-refractivity contribution in [1.82, 2.24) is 0 Å². The molecule has 1 aliphatic carbocycles. The smallest absolute Gasteiger partial charge is 0.0127 e. The highest BCUT2D eigenvalue weighted by molar-refractivity contribution is 5.24. The third kappa shape index (κ3) is 1.70. The van der Waals surface area contributed by atoms with Crippen molar-refractivity contribution in [2.45, 2.75) is 20.3 Å². The second kappa shape index (κ2) is 2.86. The minimum absolute atomic E-state index is 0.714. The monoisotopic (exact) mass is 121 g/mol. The van der Waals surface area contributed by atoms with Gasteiger partial charge in [0.2, 0.25) is 0 Å². The molecule has 0 heteroatoms. The van der Waals surface area contributed by atoms with E-state index in [-0.39, 0.29) is 0 Å². The molecule has 0 bridgehead atoms. The first-order valence-corrected chi connectivity index (χ1v) is 3.49. The number of hydrogen-bond acceptors (Lipinski definition) is 0. The van der Waals surface area contributed by atoms with E-state index in [0.717, 1.165) is 6.42 Å². The van der Waals surface area contributed by atoms with Gasteiger partial charge in [0.15, 0.2) is 0 Å². The van der Waals surface area contributed by atoms with Crippen LogP contribution in [0.3, 0.4) is 0 Å². The van der Waals surface area contributed by atoms with Crippen LogP contribution in [0.2, 0.25) is 0 Å². The van der Waals surface area contributed by atoms with Crippen LogP contribution in [0.25, 0.3) is 0 Å². The van der Waals surface area contributed by atoms with Crippen molar-refractivity contribution in [3.05, 3.63) is 30.2 Å². The van der Waals surface area contributed by atoms with Crippen molar-refractivity contribution < 1.29 is 0 Å². The molecule has 9 heavy (non-hydrogen) atoms. The molecule has 0 fully saturated rings. The summed E-state index contributed by atoms with van der Waals surface area (Å²) in [7, 11) is 0. The van der Waals surface area contributed by atoms with Crippen LogP contribution in [-0.2, 0) is 0 Å². The third-order valence-electron chi connectivity index (χ3n) is 1.65. The van der Waals surface area contributed by atoms with Crippen molar-refractivity contribution in [2.24, 2.45) is 5.92 Å². The molecule has 49 valence electrons. The normalized spacial score (nSPS) is 18.3. The Kier molecular flexibility index (Phi) is 2.10. The zero-order valence-corrected chi connectivity index (χ0v) is 6.09. The second-order valence-corrected chi connectivity index (χ2v) is 2.72. The lowest BCUT2D eigenvalue weighted by molar-refractivity contribution is 0.738. The zero-order valence-electron chi connectivity index (χ0n) is 6.09. The molecule has 0 saturated carbocycles. The summed E-state index contributed by atoms with van der Waals surface area (Å²) in [6.45, 7) is 4.47. The van der Waals surface area contributed by atoms with Crippen molar-refractivity contribution in [1.29, 1.82) is 0 Å². The van der Waals surface area contributed by atoms with Gasteiger partial charge in [-0.3, -0.25) is 0 Å². The van der Waals surface area contributed by atoms with Crippen molar-refractivity contribution in [3.8, 4) is 0 Å². The predicted octanol–water partition coefficient (Wildman–Crippen LogP) is 2.73. The summed E-state index contributed by atoms with van der Waals surface area (Å²) in [5, 5.41) is 0. The molecule has 0 atom stereocenters. The van der Waals surface area contributed by atoms with E-state index in [2.05, 4.69) is 38.5 Å². The van der Waals surface area contributed by atoms with Gasteiger partial charge in [0.1, 0.15) is 0 Å². The molecule has 0 aliphatic heterocycles. The average Bonchev–Trinajstić information content (AvgIpc) is 1.90. The van der Waals surface area contributed by atoms with E-state index in [9.17, 15) is 0 Å². The van der Waals surface area contributed by atoms with Crippen molar-refractivity contribution >= 4 is 0 Å². The Bertz CT molecular complexity index is 138. The van der Waals surface area contributed by atoms with Crippen LogP contribution < -0.4 is 0 Å². The molecule has 0 aromatic carbocycles. The lowest BCUT2D eigenvalue weighted by Gasteiger charge is -2.11. The van der Waals surface area contributed by atoms with E-state index >= 15 is 0 Å². The minimum atomic E-state index is 0.714. The van der Waals surface area contributed by atoms with E-state index in [1.54, 1.807) is 0 Å². The van der Waals surface area contributed by atoms with Crippen LogP contribution in [0.15, 0.2) is 23.8 Å². The maximum atomic E-state index is 2.23. The van der Waals surface area contributed by atoms with E-state index in [1.807, 2.05) is 0 Å². The highest BCUT2D eigenvalue weighted by Crippen LogP contribution is 2.18. The Morgan fingerprint density at radius 2 is 2.11 bits per heavy atom. The minimum Gasteiger partial charge on any atom is -0.0805 e. The van der Waals surface area contributed by atoms with E-state index in [4.69, 9.17) is 0 Å². The van der Waals surface area contributed by atoms with Crippen LogP contribution in [0.5, 0.6) is 0 Å². The predicted molar refractivity (Wildman–Crippen MR) is 41.0 cm³/mol. The summed E-state index contributed by atoms with van der Waals surface area (Å²) in [5.74, 6) is 0.714. The summed E-state index contributed by atoms with van der Waals surface area (Å²) in [5.41, 5.74) is 1.54. The summed E-state index contributed by atoms with van der Waals surface area (Å²) in [4.78, 5) is 0. The molecule has 1 aliphatic rings. The van der Waals surface area contributed by atoms with E-state index < -0.39 is 0 Å². The van der Waals surface area contributed by atoms with Crippen LogP contribution in [0.4, 0.5) is 0 Å². The van der Waals surface area contributed by atoms with Crippen LogP contribution >= 0.6 is 0 Å². The first kappa shape index (κ1) is 6.60. The molecule has 0 spiro atoms. The molecule has 1 radical (unpaired) electrons. The van der Waals surface area contributed by atoms with Crippen LogP contribution in [0, 0.1) is 12.3 Å². The highest BCUT2D eigenvalue weighted by atomic mass is 14.1. The Morgan fingerprint density at radius 3 is 2.44 bits per heavy atom. The fraction of sp³-hybridized carbons (Fsp3) is 0.444. The van der Waals surface area contributed by atoms with E-state index in [1.165, 1.54) is 5.57 Å². The first-order valence-electron chi connectivity index (χ1n) is 3.49. The first-order chi connectivity index (χ1) is 4.30. The number of allylic oxidation sites excluding steroid dienone is 4. The Labute approximate surface area is 57.3 Å². The standard InChI is InChI=1S/C9H13/c1-8(2)9-6-4-3-5-7-9/h3-6,8H,7H2,1-2H3. The molecular weight excluding hydrogens is 108 g/mol. The Morgan fingerprint density at radius 1 is 1.33 bits per heavy atom. The summed E-state index contributed by atoms with van der Waals surface area (Å²) in [6, 6.07) is 0. The molecule has 0 unspecified atom stereocenters. The highest BCUT2D eigenvalue weighted by Gasteiger charge is 2.02. The molecule has 0 saturated heterocycles. The second-order valence-electron chi connectivity index (χ2n) is 2.72. The van der Waals surface area contributed by atoms with Gasteiger partial charge in [-0.2, -0.15) is 0 Å². The van der Waals surface area contributed by atoms with Gasteiger partial charge in [0.05, 0.1) is 0 Å². The molecule has 0 heterocycles.